The molecule has 1 heterocycles. The summed E-state index contributed by atoms with van der Waals surface area (Å²) in [5.74, 6) is -1.02. The Morgan fingerprint density at radius 2 is 1.58 bits per heavy atom. The Hall–Kier alpha value is -0.770. The Balaban J connectivity index is 1.78. The van der Waals surface area contributed by atoms with Gasteiger partial charge >= 0.3 is 18.5 Å². The fourth-order valence-electron chi connectivity index (χ4n) is 3.90. The third kappa shape index (κ3) is 11.8. The number of alkyl halides is 9. The summed E-state index contributed by atoms with van der Waals surface area (Å²) in [5.41, 5.74) is -3.82. The van der Waals surface area contributed by atoms with Crippen LogP contribution in [0.1, 0.15) is 34.3 Å². The van der Waals surface area contributed by atoms with Crippen molar-refractivity contribution in [3.8, 4) is 0 Å². The Morgan fingerprint density at radius 3 is 2.05 bits per heavy atom. The molecule has 0 aliphatic carbocycles. The molecule has 2 rings (SSSR count). The van der Waals surface area contributed by atoms with Crippen LogP contribution in [0.25, 0.3) is 0 Å². The lowest BCUT2D eigenvalue weighted by Gasteiger charge is -2.32. The average molecular weight is 620 g/mol. The molecule has 1 aromatic rings. The number of carbonyl (C=O) groups excluding carboxylic acids is 1. The van der Waals surface area contributed by atoms with E-state index in [1.807, 2.05) is 0 Å². The summed E-state index contributed by atoms with van der Waals surface area (Å²) < 4.78 is 122. The number of carbonyl (C=O) groups is 1. The van der Waals surface area contributed by atoms with Gasteiger partial charge in [-0.05, 0) is 56.7 Å². The van der Waals surface area contributed by atoms with Gasteiger partial charge in [-0.25, -0.2) is 4.31 Å². The van der Waals surface area contributed by atoms with E-state index in [0.29, 0.717) is 51.2 Å². The summed E-state index contributed by atoms with van der Waals surface area (Å²) in [6.07, 6.45) is -14.1. The standard InChI is InChI=1S/C21H29F9N3O2P3/c1-37(35-38(2,36)13-19(22,23)24)32-5-8-33-6-3-14(4-7-33)12-31-18(34)15-9-16(20(25,26)27)11-17(10-15)21(28,29)30/h9-11,14,32H,3-8,12-13,36H2,1-2H3/p+1. The monoisotopic (exact) mass is 620 g/mol. The van der Waals surface area contributed by atoms with Gasteiger partial charge in [0.2, 0.25) is 0 Å². The molecule has 0 saturated carbocycles. The number of piperidine rings is 1. The maximum Gasteiger partial charge on any atom is 0.424 e. The molecule has 0 bridgehead atoms. The molecule has 1 amide bonds. The molecule has 1 saturated heterocycles. The third-order valence-electron chi connectivity index (χ3n) is 5.67. The molecule has 3 unspecified atom stereocenters. The summed E-state index contributed by atoms with van der Waals surface area (Å²) in [6.45, 7) is 5.67. The van der Waals surface area contributed by atoms with Crippen LogP contribution in [0.4, 0.5) is 39.5 Å². The highest BCUT2D eigenvalue weighted by molar-refractivity contribution is 8.23. The van der Waals surface area contributed by atoms with E-state index in [-0.39, 0.29) is 18.5 Å². The number of hydrogen-bond acceptors (Lipinski definition) is 4. The van der Waals surface area contributed by atoms with Crippen LogP contribution in [0.2, 0.25) is 0 Å². The predicted molar refractivity (Wildman–Crippen MR) is 133 cm³/mol. The number of nitrogens with one attached hydrogen (secondary N) is 2. The zero-order valence-electron chi connectivity index (χ0n) is 20.6. The maximum absolute atomic E-state index is 13.0. The summed E-state index contributed by atoms with van der Waals surface area (Å²) >= 11 is 0. The highest BCUT2D eigenvalue weighted by Crippen LogP contribution is 2.71. The van der Waals surface area contributed by atoms with E-state index in [2.05, 4.69) is 24.2 Å². The molecule has 1 fully saturated rings. The van der Waals surface area contributed by atoms with Gasteiger partial charge in [-0.15, -0.1) is 0 Å². The lowest BCUT2D eigenvalue weighted by Crippen LogP contribution is -2.40. The van der Waals surface area contributed by atoms with E-state index in [1.165, 1.54) is 6.66 Å². The van der Waals surface area contributed by atoms with Gasteiger partial charge in [-0.3, -0.25) is 9.88 Å². The lowest BCUT2D eigenvalue weighted by atomic mass is 9.96. The van der Waals surface area contributed by atoms with Crippen LogP contribution in [0.5, 0.6) is 0 Å². The largest absolute Gasteiger partial charge is 0.424 e. The van der Waals surface area contributed by atoms with Crippen LogP contribution < -0.4 is 10.4 Å². The molecule has 2 N–H and O–H groups in total. The van der Waals surface area contributed by atoms with E-state index in [0.717, 1.165) is 0 Å². The molecule has 1 aliphatic heterocycles. The van der Waals surface area contributed by atoms with Gasteiger partial charge in [0.1, 0.15) is 8.30 Å². The SMILES string of the molecule is CP(NCCN1CCC(CNC(=O)c2cc(C(F)(F)F)cc(C(F)(F)F)c2)CC1)O[P+](C)(P)CC(F)(F)F. The summed E-state index contributed by atoms with van der Waals surface area (Å²) in [5, 5.41) is 5.54. The van der Waals surface area contributed by atoms with Crippen LogP contribution in [-0.2, 0) is 16.7 Å². The first-order valence-corrected chi connectivity index (χ1v) is 17.1. The molecule has 17 heteroatoms. The van der Waals surface area contributed by atoms with Gasteiger partial charge in [-0.2, -0.15) is 39.5 Å². The van der Waals surface area contributed by atoms with Crippen molar-refractivity contribution in [2.24, 2.45) is 5.92 Å². The van der Waals surface area contributed by atoms with Crippen molar-refractivity contribution >= 4 is 30.3 Å². The van der Waals surface area contributed by atoms with Crippen molar-refractivity contribution in [3.05, 3.63) is 34.9 Å². The van der Waals surface area contributed by atoms with Crippen molar-refractivity contribution in [2.45, 2.75) is 31.4 Å². The Bertz CT molecular complexity index is 903. The van der Waals surface area contributed by atoms with E-state index >= 15 is 0 Å². The molecule has 3 atom stereocenters. The first-order valence-electron chi connectivity index (χ1n) is 11.4. The van der Waals surface area contributed by atoms with Crippen molar-refractivity contribution < 1.29 is 48.6 Å². The fraction of sp³-hybridized carbons (Fsp3) is 0.667. The number of halogens is 9. The van der Waals surface area contributed by atoms with E-state index in [4.69, 9.17) is 4.31 Å². The van der Waals surface area contributed by atoms with Crippen molar-refractivity contribution in [3.63, 3.8) is 0 Å². The van der Waals surface area contributed by atoms with Crippen LogP contribution in [0, 0.1) is 5.92 Å². The number of nitrogens with zero attached hydrogens (tertiary/aromatic N) is 1. The van der Waals surface area contributed by atoms with Gasteiger partial charge in [0.15, 0.2) is 13.3 Å². The van der Waals surface area contributed by atoms with Gasteiger partial charge in [0.25, 0.3) is 5.91 Å². The van der Waals surface area contributed by atoms with Crippen LogP contribution in [0.3, 0.4) is 0 Å². The highest BCUT2D eigenvalue weighted by atomic mass is 32.1. The number of hydrogen-bond donors (Lipinski definition) is 2. The maximum atomic E-state index is 13.0. The molecule has 0 aromatic heterocycles. The smallest absolute Gasteiger partial charge is 0.352 e. The second-order valence-electron chi connectivity index (χ2n) is 9.22. The average Bonchev–Trinajstić information content (AvgIpc) is 2.74. The summed E-state index contributed by atoms with van der Waals surface area (Å²) in [4.78, 5) is 14.5. The molecule has 38 heavy (non-hydrogen) atoms. The molecular formula is C21H30F9N3O2P3+. The first kappa shape index (κ1) is 33.4. The van der Waals surface area contributed by atoms with Crippen molar-refractivity contribution in [1.29, 1.82) is 0 Å². The molecule has 0 radical (unpaired) electrons. The summed E-state index contributed by atoms with van der Waals surface area (Å²) in [6, 6.07) is 0.772. The molecule has 218 valence electrons. The van der Waals surface area contributed by atoms with E-state index < -0.39 is 62.8 Å². The number of likely N-dealkylation sites (tertiary alicyclic amines) is 1. The van der Waals surface area contributed by atoms with Gasteiger partial charge in [-0.1, -0.05) is 0 Å². The number of amides is 1. The first-order chi connectivity index (χ1) is 17.2. The molecular weight excluding hydrogens is 590 g/mol. The highest BCUT2D eigenvalue weighted by Gasteiger charge is 2.45. The molecule has 1 aromatic carbocycles. The molecule has 1 aliphatic rings. The fourth-order valence-corrected chi connectivity index (χ4v) is 9.62. The van der Waals surface area contributed by atoms with Crippen molar-refractivity contribution in [2.75, 3.05) is 52.2 Å². The van der Waals surface area contributed by atoms with Gasteiger partial charge in [0.05, 0.1) is 26.7 Å². The Labute approximate surface area is 219 Å². The van der Waals surface area contributed by atoms with Gasteiger partial charge < -0.3 is 10.2 Å². The van der Waals surface area contributed by atoms with E-state index in [1.54, 1.807) is 6.66 Å². The Kier molecular flexibility index (Phi) is 11.7. The minimum atomic E-state index is -5.04. The minimum absolute atomic E-state index is 0.00679. The normalized spacial score (nSPS) is 18.7. The predicted octanol–water partition coefficient (Wildman–Crippen LogP) is 6.63. The van der Waals surface area contributed by atoms with Crippen LogP contribution >= 0.6 is 24.4 Å². The van der Waals surface area contributed by atoms with Crippen LogP contribution in [-0.4, -0.2) is 69.2 Å². The second kappa shape index (κ2) is 13.3. The quantitative estimate of drug-likeness (QED) is 0.228. The van der Waals surface area contributed by atoms with E-state index in [9.17, 15) is 44.3 Å². The number of benzene rings is 1. The topological polar surface area (TPSA) is 53.6 Å². The second-order valence-corrected chi connectivity index (χ2v) is 17.1. The van der Waals surface area contributed by atoms with Gasteiger partial charge in [0, 0.05) is 25.2 Å². The van der Waals surface area contributed by atoms with Crippen molar-refractivity contribution in [1.82, 2.24) is 15.3 Å². The Morgan fingerprint density at radius 1 is 1.05 bits per heavy atom. The number of rotatable bonds is 10. The molecule has 0 spiro atoms. The zero-order chi connectivity index (χ0) is 28.9. The van der Waals surface area contributed by atoms with Crippen LogP contribution in [0.15, 0.2) is 18.2 Å². The lowest BCUT2D eigenvalue weighted by molar-refractivity contribution is -0.143. The minimum Gasteiger partial charge on any atom is -0.352 e. The zero-order valence-corrected chi connectivity index (χ0v) is 23.5. The molecule has 5 nitrogen and oxygen atoms in total. The summed E-state index contributed by atoms with van der Waals surface area (Å²) in [7, 11) is -1.72. The third-order valence-corrected chi connectivity index (χ3v) is 11.2.